The highest BCUT2D eigenvalue weighted by Gasteiger charge is 2.32. The average molecular weight is 430 g/mol. The van der Waals surface area contributed by atoms with Gasteiger partial charge in [0.15, 0.2) is 0 Å². The average Bonchev–Trinajstić information content (AvgIpc) is 3.22. The lowest BCUT2D eigenvalue weighted by atomic mass is 10.0. The Morgan fingerprint density at radius 2 is 2.00 bits per heavy atom. The summed E-state index contributed by atoms with van der Waals surface area (Å²) in [6.45, 7) is 2.60. The first-order chi connectivity index (χ1) is 14.0. The van der Waals surface area contributed by atoms with Crippen LogP contribution in [0.5, 0.6) is 0 Å². The van der Waals surface area contributed by atoms with Crippen LogP contribution in [0.15, 0.2) is 52.9 Å². The van der Waals surface area contributed by atoms with Gasteiger partial charge in [-0.05, 0) is 61.7 Å². The van der Waals surface area contributed by atoms with Crippen molar-refractivity contribution < 1.29 is 13.2 Å². The second-order valence-electron chi connectivity index (χ2n) is 7.19. The molecule has 1 fully saturated rings. The summed E-state index contributed by atoms with van der Waals surface area (Å²) < 4.78 is 28.7. The minimum Gasteiger partial charge on any atom is -0.322 e. The zero-order valence-corrected chi connectivity index (χ0v) is 17.8. The smallest absolute Gasteiger partial charge is 0.255 e. The van der Waals surface area contributed by atoms with Gasteiger partial charge in [0, 0.05) is 23.8 Å². The van der Waals surface area contributed by atoms with Gasteiger partial charge in [-0.15, -0.1) is 11.3 Å². The van der Waals surface area contributed by atoms with Crippen LogP contribution in [0.4, 0.5) is 5.69 Å². The van der Waals surface area contributed by atoms with E-state index in [9.17, 15) is 13.2 Å². The van der Waals surface area contributed by atoms with E-state index < -0.39 is 10.0 Å². The van der Waals surface area contributed by atoms with E-state index in [-0.39, 0.29) is 16.8 Å². The molecular formula is C21H23N3O3S2. The number of thiazole rings is 1. The van der Waals surface area contributed by atoms with E-state index in [2.05, 4.69) is 10.3 Å². The molecule has 1 saturated heterocycles. The van der Waals surface area contributed by atoms with Gasteiger partial charge in [-0.3, -0.25) is 4.79 Å². The monoisotopic (exact) mass is 429 g/mol. The number of nitrogens with one attached hydrogen (secondary N) is 1. The minimum atomic E-state index is -3.52. The maximum atomic E-state index is 13.0. The summed E-state index contributed by atoms with van der Waals surface area (Å²) >= 11 is 1.48. The van der Waals surface area contributed by atoms with Crippen LogP contribution in [-0.4, -0.2) is 36.2 Å². The van der Waals surface area contributed by atoms with Crippen molar-refractivity contribution in [3.05, 3.63) is 53.5 Å². The summed E-state index contributed by atoms with van der Waals surface area (Å²) in [5, 5.41) is 2.83. The largest absolute Gasteiger partial charge is 0.322 e. The quantitative estimate of drug-likeness (QED) is 0.648. The van der Waals surface area contributed by atoms with Crippen molar-refractivity contribution in [2.45, 2.75) is 43.5 Å². The van der Waals surface area contributed by atoms with Crippen LogP contribution < -0.4 is 5.32 Å². The Bertz CT molecular complexity index is 1120. The molecule has 1 N–H and O–H groups in total. The Labute approximate surface area is 174 Å². The first kappa shape index (κ1) is 20.0. The first-order valence-corrected chi connectivity index (χ1v) is 12.1. The van der Waals surface area contributed by atoms with Crippen LogP contribution in [0.2, 0.25) is 0 Å². The molecule has 2 aromatic carbocycles. The molecule has 0 spiro atoms. The number of carbonyl (C=O) groups is 1. The molecule has 8 heteroatoms. The molecule has 29 heavy (non-hydrogen) atoms. The molecule has 1 aromatic heterocycles. The van der Waals surface area contributed by atoms with Gasteiger partial charge in [-0.1, -0.05) is 13.3 Å². The molecule has 152 valence electrons. The number of sulfonamides is 1. The third-order valence-corrected chi connectivity index (χ3v) is 8.11. The Morgan fingerprint density at radius 1 is 1.21 bits per heavy atom. The fraction of sp³-hybridized carbons (Fsp3) is 0.333. The van der Waals surface area contributed by atoms with Crippen molar-refractivity contribution in [1.29, 1.82) is 0 Å². The molecule has 0 aliphatic carbocycles. The van der Waals surface area contributed by atoms with Gasteiger partial charge in [-0.2, -0.15) is 4.31 Å². The number of amides is 1. The Kier molecular flexibility index (Phi) is 5.67. The number of hydrogen-bond donors (Lipinski definition) is 1. The molecule has 1 amide bonds. The van der Waals surface area contributed by atoms with E-state index in [1.54, 1.807) is 40.1 Å². The van der Waals surface area contributed by atoms with Crippen molar-refractivity contribution >= 4 is 43.2 Å². The molecule has 3 aromatic rings. The van der Waals surface area contributed by atoms with Crippen molar-refractivity contribution in [2.24, 2.45) is 0 Å². The summed E-state index contributed by atoms with van der Waals surface area (Å²) in [7, 11) is -3.52. The van der Waals surface area contributed by atoms with E-state index in [4.69, 9.17) is 0 Å². The van der Waals surface area contributed by atoms with Gasteiger partial charge in [0.25, 0.3) is 5.91 Å². The molecule has 0 bridgehead atoms. The van der Waals surface area contributed by atoms with Gasteiger partial charge < -0.3 is 5.32 Å². The molecule has 2 heterocycles. The SMILES string of the molecule is CCC1CCCCN1S(=O)(=O)c1ccc(NC(=O)c2ccc3ncsc3c2)cc1. The number of carbonyl (C=O) groups excluding carboxylic acids is 1. The molecule has 0 radical (unpaired) electrons. The molecule has 6 nitrogen and oxygen atoms in total. The number of hydrogen-bond acceptors (Lipinski definition) is 5. The molecule has 0 saturated carbocycles. The maximum Gasteiger partial charge on any atom is 0.255 e. The van der Waals surface area contributed by atoms with Crippen LogP contribution in [0.25, 0.3) is 10.2 Å². The summed E-state index contributed by atoms with van der Waals surface area (Å²) in [6, 6.07) is 11.8. The van der Waals surface area contributed by atoms with Crippen LogP contribution in [0.3, 0.4) is 0 Å². The highest BCUT2D eigenvalue weighted by molar-refractivity contribution is 7.89. The molecule has 1 aliphatic rings. The van der Waals surface area contributed by atoms with E-state index in [0.717, 1.165) is 35.9 Å². The number of fused-ring (bicyclic) bond motifs is 1. The number of aromatic nitrogens is 1. The minimum absolute atomic E-state index is 0.0646. The predicted octanol–water partition coefficient (Wildman–Crippen LogP) is 4.50. The second kappa shape index (κ2) is 8.22. The Morgan fingerprint density at radius 3 is 2.76 bits per heavy atom. The lowest BCUT2D eigenvalue weighted by Crippen LogP contribution is -2.43. The van der Waals surface area contributed by atoms with E-state index >= 15 is 0 Å². The predicted molar refractivity (Wildman–Crippen MR) is 116 cm³/mol. The van der Waals surface area contributed by atoms with Gasteiger partial charge in [-0.25, -0.2) is 13.4 Å². The summed E-state index contributed by atoms with van der Waals surface area (Å²) in [4.78, 5) is 17.0. The zero-order chi connectivity index (χ0) is 20.4. The maximum absolute atomic E-state index is 13.0. The van der Waals surface area contributed by atoms with Crippen molar-refractivity contribution in [1.82, 2.24) is 9.29 Å². The van der Waals surface area contributed by atoms with Crippen molar-refractivity contribution in [3.8, 4) is 0 Å². The first-order valence-electron chi connectivity index (χ1n) is 9.75. The highest BCUT2D eigenvalue weighted by Crippen LogP contribution is 2.28. The van der Waals surface area contributed by atoms with Crippen LogP contribution in [0, 0.1) is 0 Å². The lowest BCUT2D eigenvalue weighted by molar-refractivity contribution is 0.102. The number of rotatable bonds is 5. The third-order valence-electron chi connectivity index (χ3n) is 5.36. The highest BCUT2D eigenvalue weighted by atomic mass is 32.2. The fourth-order valence-electron chi connectivity index (χ4n) is 3.74. The number of nitrogens with zero attached hydrogens (tertiary/aromatic N) is 2. The summed E-state index contributed by atoms with van der Waals surface area (Å²) in [5.41, 5.74) is 3.71. The van der Waals surface area contributed by atoms with E-state index in [0.29, 0.717) is 17.8 Å². The van der Waals surface area contributed by atoms with E-state index in [1.807, 2.05) is 19.1 Å². The second-order valence-corrected chi connectivity index (χ2v) is 9.96. The number of piperidine rings is 1. The normalized spacial score (nSPS) is 18.0. The Hall–Kier alpha value is -2.29. The topological polar surface area (TPSA) is 79.4 Å². The van der Waals surface area contributed by atoms with Gasteiger partial charge in [0.2, 0.25) is 10.0 Å². The molecular weight excluding hydrogens is 406 g/mol. The zero-order valence-electron chi connectivity index (χ0n) is 16.2. The third kappa shape index (κ3) is 4.05. The Balaban J connectivity index is 1.50. The lowest BCUT2D eigenvalue weighted by Gasteiger charge is -2.34. The standard InChI is InChI=1S/C21H23N3O3S2/c1-2-17-5-3-4-12-24(17)29(26,27)18-9-7-16(8-10-18)23-21(25)15-6-11-19-20(13-15)28-14-22-19/h6-11,13-14,17H,2-5,12H2,1H3,(H,23,25). The van der Waals surface area contributed by atoms with Crippen LogP contribution >= 0.6 is 11.3 Å². The number of benzene rings is 2. The van der Waals surface area contributed by atoms with Gasteiger partial charge in [0.1, 0.15) is 0 Å². The van der Waals surface area contributed by atoms with Crippen molar-refractivity contribution in [2.75, 3.05) is 11.9 Å². The summed E-state index contributed by atoms with van der Waals surface area (Å²) in [5.74, 6) is -0.238. The molecule has 1 unspecified atom stereocenters. The summed E-state index contributed by atoms with van der Waals surface area (Å²) in [6.07, 6.45) is 3.70. The van der Waals surface area contributed by atoms with Gasteiger partial charge >= 0.3 is 0 Å². The molecule has 1 aliphatic heterocycles. The van der Waals surface area contributed by atoms with Gasteiger partial charge in [0.05, 0.1) is 20.6 Å². The fourth-order valence-corrected chi connectivity index (χ4v) is 6.23. The van der Waals surface area contributed by atoms with Crippen LogP contribution in [-0.2, 0) is 10.0 Å². The van der Waals surface area contributed by atoms with E-state index in [1.165, 1.54) is 11.3 Å². The molecule has 1 atom stereocenters. The van der Waals surface area contributed by atoms with Crippen molar-refractivity contribution in [3.63, 3.8) is 0 Å². The molecule has 4 rings (SSSR count). The van der Waals surface area contributed by atoms with Crippen LogP contribution in [0.1, 0.15) is 43.0 Å². The number of anilines is 1.